The van der Waals surface area contributed by atoms with Crippen LogP contribution in [0, 0.1) is 5.92 Å². The van der Waals surface area contributed by atoms with Crippen molar-refractivity contribution in [1.82, 2.24) is 0 Å². The van der Waals surface area contributed by atoms with Gasteiger partial charge in [-0.3, -0.25) is 37.3 Å². The summed E-state index contributed by atoms with van der Waals surface area (Å²) in [5, 5.41) is 10.6. The third-order valence-electron chi connectivity index (χ3n) is 19.5. The molecule has 0 radical (unpaired) electrons. The minimum atomic E-state index is -4.96. The van der Waals surface area contributed by atoms with Crippen molar-refractivity contribution in [2.24, 2.45) is 5.92 Å². The Bertz CT molecular complexity index is 1940. The number of esters is 4. The van der Waals surface area contributed by atoms with Crippen molar-refractivity contribution >= 4 is 39.5 Å². The largest absolute Gasteiger partial charge is 0.472 e. The Balaban J connectivity index is 5.09. The van der Waals surface area contributed by atoms with Crippen LogP contribution in [0.4, 0.5) is 0 Å². The zero-order chi connectivity index (χ0) is 74.8. The summed E-state index contributed by atoms with van der Waals surface area (Å²) in [6, 6.07) is 0. The van der Waals surface area contributed by atoms with Gasteiger partial charge in [0.25, 0.3) is 0 Å². The van der Waals surface area contributed by atoms with E-state index in [4.69, 9.17) is 37.0 Å². The molecule has 0 amide bonds. The number of ether oxygens (including phenoxy) is 4. The van der Waals surface area contributed by atoms with E-state index in [1.807, 2.05) is 0 Å². The van der Waals surface area contributed by atoms with Crippen molar-refractivity contribution in [3.05, 3.63) is 0 Å². The van der Waals surface area contributed by atoms with Crippen molar-refractivity contribution in [3.63, 3.8) is 0 Å². The molecule has 102 heavy (non-hydrogen) atoms. The first kappa shape index (κ1) is 100. The van der Waals surface area contributed by atoms with E-state index in [0.717, 1.165) is 102 Å². The highest BCUT2D eigenvalue weighted by Gasteiger charge is 2.30. The van der Waals surface area contributed by atoms with Gasteiger partial charge >= 0.3 is 39.5 Å². The van der Waals surface area contributed by atoms with Crippen LogP contribution in [0.25, 0.3) is 0 Å². The molecule has 0 saturated carbocycles. The van der Waals surface area contributed by atoms with E-state index in [9.17, 15) is 43.2 Å². The van der Waals surface area contributed by atoms with Crippen LogP contribution in [0.1, 0.15) is 446 Å². The van der Waals surface area contributed by atoms with E-state index in [1.54, 1.807) is 0 Å². The van der Waals surface area contributed by atoms with Gasteiger partial charge in [-0.05, 0) is 31.6 Å². The summed E-state index contributed by atoms with van der Waals surface area (Å²) in [4.78, 5) is 72.7. The second kappa shape index (κ2) is 75.9. The summed E-state index contributed by atoms with van der Waals surface area (Å²) in [6.45, 7) is 7.22. The average Bonchev–Trinajstić information content (AvgIpc) is 0.953. The Morgan fingerprint density at radius 3 is 0.667 bits per heavy atom. The number of hydrogen-bond donors (Lipinski definition) is 3. The lowest BCUT2D eigenvalue weighted by atomic mass is 10.0. The monoisotopic (exact) mass is 1490 g/mol. The molecule has 0 fully saturated rings. The molecule has 0 heterocycles. The summed E-state index contributed by atoms with van der Waals surface area (Å²) >= 11 is 0. The van der Waals surface area contributed by atoms with Crippen molar-refractivity contribution in [1.29, 1.82) is 0 Å². The van der Waals surface area contributed by atoms with Gasteiger partial charge in [-0.15, -0.1) is 0 Å². The molecular weight excluding hydrogens is 1330 g/mol. The van der Waals surface area contributed by atoms with Gasteiger partial charge in [0.2, 0.25) is 0 Å². The van der Waals surface area contributed by atoms with Gasteiger partial charge in [0.1, 0.15) is 19.3 Å². The lowest BCUT2D eigenvalue weighted by molar-refractivity contribution is -0.161. The molecule has 0 bridgehead atoms. The topological polar surface area (TPSA) is 237 Å². The van der Waals surface area contributed by atoms with E-state index in [0.29, 0.717) is 25.7 Å². The number of phosphoric ester groups is 2. The fourth-order valence-corrected chi connectivity index (χ4v) is 14.5. The maximum atomic E-state index is 13.1. The number of carbonyl (C=O) groups excluding carboxylic acids is 4. The van der Waals surface area contributed by atoms with Crippen LogP contribution in [0.3, 0.4) is 0 Å². The van der Waals surface area contributed by atoms with E-state index in [-0.39, 0.29) is 25.7 Å². The van der Waals surface area contributed by atoms with Gasteiger partial charge in [0.05, 0.1) is 26.4 Å². The number of unbranched alkanes of at least 4 members (excludes halogenated alkanes) is 55. The predicted molar refractivity (Wildman–Crippen MR) is 418 cm³/mol. The van der Waals surface area contributed by atoms with Crippen molar-refractivity contribution in [2.75, 3.05) is 39.6 Å². The van der Waals surface area contributed by atoms with Gasteiger partial charge in [-0.25, -0.2) is 9.13 Å². The summed E-state index contributed by atoms with van der Waals surface area (Å²) in [7, 11) is -9.91. The normalized spacial score (nSPS) is 13.8. The zero-order valence-electron chi connectivity index (χ0n) is 66.8. The van der Waals surface area contributed by atoms with Gasteiger partial charge in [-0.2, -0.15) is 0 Å². The molecule has 0 aromatic carbocycles. The van der Waals surface area contributed by atoms with Crippen LogP contribution in [-0.4, -0.2) is 96.7 Å². The van der Waals surface area contributed by atoms with Crippen LogP contribution in [-0.2, 0) is 65.4 Å². The molecule has 0 aromatic heterocycles. The lowest BCUT2D eigenvalue weighted by Gasteiger charge is -2.21. The fourth-order valence-electron chi connectivity index (χ4n) is 12.9. The van der Waals surface area contributed by atoms with Crippen LogP contribution in [0.2, 0.25) is 0 Å². The number of carbonyl (C=O) groups is 4. The smallest absolute Gasteiger partial charge is 0.462 e. The number of aliphatic hydroxyl groups excluding tert-OH is 1. The number of hydrogen-bond acceptors (Lipinski definition) is 15. The standard InChI is InChI=1S/C83H162O17P2/c1-6-9-12-15-17-19-21-23-25-27-29-31-33-35-37-39-41-43-48-52-57-62-67-81(86)94-73-79(100-83(88)68-63-58-53-49-44-42-40-38-36-34-32-30-28-26-24-22-20-18-16-13-10-7-2)75-98-102(91,92)96-71-77(84)70-95-101(89,90)97-74-78(72-93-80(85)66-61-55-14-11-8-3)99-82(87)69-64-59-54-50-46-45-47-51-56-60-65-76(4)5/h76-79,84H,6-75H2,1-5H3,(H,89,90)(H,91,92)/t77-,78+,79+/m0/s1. The average molecular weight is 1490 g/mol. The number of rotatable bonds is 83. The van der Waals surface area contributed by atoms with E-state index < -0.39 is 97.5 Å². The molecule has 17 nitrogen and oxygen atoms in total. The minimum absolute atomic E-state index is 0.105. The van der Waals surface area contributed by atoms with E-state index in [1.165, 1.54) is 263 Å². The first-order chi connectivity index (χ1) is 49.5. The Labute approximate surface area is 626 Å². The fraction of sp³-hybridized carbons (Fsp3) is 0.952. The number of phosphoric acid groups is 2. The number of aliphatic hydroxyl groups is 1. The molecule has 0 aliphatic carbocycles. The SMILES string of the molecule is CCCCCCCCCCCCCCCCCCCCCCCCC(=O)OC[C@H](COP(=O)(O)OC[C@@H](O)COP(=O)(O)OC[C@@H](COC(=O)CCCCCCC)OC(=O)CCCCCCCCCCCCC(C)C)OC(=O)CCCCCCCCCCCCCCCCCCCCCCCC. The minimum Gasteiger partial charge on any atom is -0.462 e. The predicted octanol–water partition coefficient (Wildman–Crippen LogP) is 25.2. The van der Waals surface area contributed by atoms with E-state index >= 15 is 0 Å². The Kier molecular flexibility index (Phi) is 74.4. The Morgan fingerprint density at radius 1 is 0.265 bits per heavy atom. The highest BCUT2D eigenvalue weighted by Crippen LogP contribution is 2.45. The summed E-state index contributed by atoms with van der Waals surface area (Å²) in [5.74, 6) is -1.37. The van der Waals surface area contributed by atoms with Crippen LogP contribution in [0.5, 0.6) is 0 Å². The second-order valence-corrected chi connectivity index (χ2v) is 33.3. The second-order valence-electron chi connectivity index (χ2n) is 30.3. The molecule has 19 heteroatoms. The molecule has 0 aliphatic heterocycles. The molecule has 0 aromatic rings. The first-order valence-electron chi connectivity index (χ1n) is 43.1. The molecule has 0 saturated heterocycles. The molecule has 606 valence electrons. The third kappa shape index (κ3) is 76.3. The third-order valence-corrected chi connectivity index (χ3v) is 21.4. The Morgan fingerprint density at radius 2 is 0.451 bits per heavy atom. The first-order valence-corrected chi connectivity index (χ1v) is 46.1. The molecule has 0 rings (SSSR count). The zero-order valence-corrected chi connectivity index (χ0v) is 68.5. The maximum absolute atomic E-state index is 13.1. The quantitative estimate of drug-likeness (QED) is 0.0222. The Hall–Kier alpha value is -1.94. The highest BCUT2D eigenvalue weighted by molar-refractivity contribution is 7.47. The summed E-state index contributed by atoms with van der Waals surface area (Å²) < 4.78 is 68.5. The molecule has 3 N–H and O–H groups in total. The summed E-state index contributed by atoms with van der Waals surface area (Å²) in [6.07, 6.45) is 68.8. The molecule has 2 unspecified atom stereocenters. The molecule has 0 spiro atoms. The maximum Gasteiger partial charge on any atom is 0.472 e. The summed E-state index contributed by atoms with van der Waals surface area (Å²) in [5.41, 5.74) is 0. The molecule has 5 atom stereocenters. The van der Waals surface area contributed by atoms with Gasteiger partial charge < -0.3 is 33.8 Å². The van der Waals surface area contributed by atoms with Gasteiger partial charge in [-0.1, -0.05) is 394 Å². The molecular formula is C83H162O17P2. The van der Waals surface area contributed by atoms with Crippen LogP contribution in [0.15, 0.2) is 0 Å². The van der Waals surface area contributed by atoms with Gasteiger partial charge in [0, 0.05) is 25.7 Å². The van der Waals surface area contributed by atoms with Crippen molar-refractivity contribution in [2.45, 2.75) is 464 Å². The lowest BCUT2D eigenvalue weighted by Crippen LogP contribution is -2.30. The van der Waals surface area contributed by atoms with Crippen LogP contribution < -0.4 is 0 Å². The van der Waals surface area contributed by atoms with Crippen LogP contribution >= 0.6 is 15.6 Å². The van der Waals surface area contributed by atoms with Crippen molar-refractivity contribution < 1.29 is 80.2 Å². The molecule has 0 aliphatic rings. The van der Waals surface area contributed by atoms with E-state index in [2.05, 4.69) is 34.6 Å². The van der Waals surface area contributed by atoms with Crippen molar-refractivity contribution in [3.8, 4) is 0 Å². The highest BCUT2D eigenvalue weighted by atomic mass is 31.2. The van der Waals surface area contributed by atoms with Gasteiger partial charge in [0.15, 0.2) is 12.2 Å².